The van der Waals surface area contributed by atoms with Crippen molar-refractivity contribution in [2.45, 2.75) is 12.5 Å². The second-order valence-corrected chi connectivity index (χ2v) is 2.62. The topological polar surface area (TPSA) is 86.6 Å². The number of carboxylic acids is 2. The van der Waals surface area contributed by atoms with Crippen molar-refractivity contribution in [1.82, 2.24) is 5.32 Å². The van der Waals surface area contributed by atoms with Gasteiger partial charge in [-0.2, -0.15) is 12.6 Å². The third-order valence-electron chi connectivity index (χ3n) is 1.22. The van der Waals surface area contributed by atoms with Crippen LogP contribution in [0.25, 0.3) is 0 Å². The maximum absolute atomic E-state index is 10.4. The number of thiol groups is 1. The average Bonchev–Trinajstić information content (AvgIpc) is 1.96. The van der Waals surface area contributed by atoms with E-state index in [1.807, 2.05) is 0 Å². The molecule has 6 heteroatoms. The highest BCUT2D eigenvalue weighted by atomic mass is 32.1. The van der Waals surface area contributed by atoms with Gasteiger partial charge >= 0.3 is 11.9 Å². The summed E-state index contributed by atoms with van der Waals surface area (Å²) in [6, 6.07) is -0.821. The highest BCUT2D eigenvalue weighted by molar-refractivity contribution is 7.80. The summed E-state index contributed by atoms with van der Waals surface area (Å²) in [5.41, 5.74) is 0. The van der Waals surface area contributed by atoms with Crippen LogP contribution in [0, 0.1) is 0 Å². The minimum atomic E-state index is -1.07. The van der Waals surface area contributed by atoms with Crippen molar-refractivity contribution in [3.8, 4) is 0 Å². The van der Waals surface area contributed by atoms with Gasteiger partial charge in [0.25, 0.3) is 0 Å². The van der Waals surface area contributed by atoms with E-state index in [0.717, 1.165) is 0 Å². The summed E-state index contributed by atoms with van der Waals surface area (Å²) in [4.78, 5) is 20.5. The highest BCUT2D eigenvalue weighted by Crippen LogP contribution is 1.93. The van der Waals surface area contributed by atoms with E-state index in [2.05, 4.69) is 17.9 Å². The third kappa shape index (κ3) is 4.97. The van der Waals surface area contributed by atoms with Crippen LogP contribution < -0.4 is 5.32 Å². The van der Waals surface area contributed by atoms with Gasteiger partial charge in [-0.15, -0.1) is 0 Å². The Bertz CT molecular complexity index is 173. The maximum Gasteiger partial charge on any atom is 0.320 e. The quantitative estimate of drug-likeness (QED) is 0.424. The summed E-state index contributed by atoms with van der Waals surface area (Å²) < 4.78 is 0. The molecule has 0 heterocycles. The molecule has 3 N–H and O–H groups in total. The van der Waals surface area contributed by atoms with Crippen molar-refractivity contribution in [2.24, 2.45) is 0 Å². The fourth-order valence-electron chi connectivity index (χ4n) is 0.652. The predicted molar refractivity (Wildman–Crippen MR) is 45.5 cm³/mol. The van der Waals surface area contributed by atoms with Crippen LogP contribution in [0.3, 0.4) is 0 Å². The lowest BCUT2D eigenvalue weighted by atomic mass is 10.2. The molecule has 0 spiro atoms. The SMILES string of the molecule is O=C(O)CNC(CCS)C(=O)O. The van der Waals surface area contributed by atoms with Crippen LogP contribution in [0.15, 0.2) is 0 Å². The second kappa shape index (κ2) is 5.84. The molecule has 0 aromatic heterocycles. The maximum atomic E-state index is 10.4. The molecule has 0 aliphatic heterocycles. The second-order valence-electron chi connectivity index (χ2n) is 2.18. The first-order chi connectivity index (χ1) is 5.57. The Labute approximate surface area is 75.2 Å². The Morgan fingerprint density at radius 2 is 2.00 bits per heavy atom. The molecule has 0 aromatic carbocycles. The summed E-state index contributed by atoms with van der Waals surface area (Å²) in [6.45, 7) is -0.343. The first-order valence-corrected chi connectivity index (χ1v) is 4.00. The predicted octanol–water partition coefficient (Wildman–Crippen LogP) is -0.566. The first kappa shape index (κ1) is 11.2. The molecule has 0 rings (SSSR count). The molecule has 0 bridgehead atoms. The van der Waals surface area contributed by atoms with Gasteiger partial charge in [0.1, 0.15) is 6.04 Å². The number of rotatable bonds is 6. The van der Waals surface area contributed by atoms with Gasteiger partial charge in [-0.3, -0.25) is 14.9 Å². The van der Waals surface area contributed by atoms with Gasteiger partial charge in [0, 0.05) is 0 Å². The largest absolute Gasteiger partial charge is 0.480 e. The van der Waals surface area contributed by atoms with Crippen LogP contribution >= 0.6 is 12.6 Å². The zero-order valence-corrected chi connectivity index (χ0v) is 7.25. The van der Waals surface area contributed by atoms with Crippen LogP contribution in [-0.2, 0) is 9.59 Å². The number of hydrogen-bond donors (Lipinski definition) is 4. The van der Waals surface area contributed by atoms with Crippen molar-refractivity contribution in [2.75, 3.05) is 12.3 Å². The van der Waals surface area contributed by atoms with Crippen LogP contribution in [0.5, 0.6) is 0 Å². The molecule has 0 aliphatic carbocycles. The van der Waals surface area contributed by atoms with Gasteiger partial charge in [0.15, 0.2) is 0 Å². The van der Waals surface area contributed by atoms with Crippen molar-refractivity contribution in [3.05, 3.63) is 0 Å². The van der Waals surface area contributed by atoms with E-state index in [1.54, 1.807) is 0 Å². The van der Waals surface area contributed by atoms with E-state index >= 15 is 0 Å². The van der Waals surface area contributed by atoms with Crippen molar-refractivity contribution in [1.29, 1.82) is 0 Å². The summed E-state index contributed by atoms with van der Waals surface area (Å²) >= 11 is 3.85. The van der Waals surface area contributed by atoms with E-state index in [-0.39, 0.29) is 6.54 Å². The third-order valence-corrected chi connectivity index (χ3v) is 1.47. The van der Waals surface area contributed by atoms with Crippen molar-refractivity contribution < 1.29 is 19.8 Å². The van der Waals surface area contributed by atoms with E-state index in [9.17, 15) is 9.59 Å². The molecule has 5 nitrogen and oxygen atoms in total. The monoisotopic (exact) mass is 193 g/mol. The first-order valence-electron chi connectivity index (χ1n) is 3.36. The van der Waals surface area contributed by atoms with Gasteiger partial charge in [-0.05, 0) is 12.2 Å². The zero-order chi connectivity index (χ0) is 9.56. The molecular formula is C6H11NO4S. The summed E-state index contributed by atoms with van der Waals surface area (Å²) in [6.07, 6.45) is 0.311. The standard InChI is InChI=1S/C6H11NO4S/c8-5(9)3-7-4(1-2-12)6(10)11/h4,7,12H,1-3H2,(H,8,9)(H,10,11). The van der Waals surface area contributed by atoms with E-state index in [1.165, 1.54) is 0 Å². The summed E-state index contributed by atoms with van der Waals surface area (Å²) in [5, 5.41) is 19.1. The van der Waals surface area contributed by atoms with E-state index in [0.29, 0.717) is 12.2 Å². The lowest BCUT2D eigenvalue weighted by Gasteiger charge is -2.10. The Balaban J connectivity index is 3.79. The molecule has 0 radical (unpaired) electrons. The molecule has 1 atom stereocenters. The van der Waals surface area contributed by atoms with E-state index < -0.39 is 18.0 Å². The Morgan fingerprint density at radius 3 is 2.33 bits per heavy atom. The minimum Gasteiger partial charge on any atom is -0.480 e. The van der Waals surface area contributed by atoms with Gasteiger partial charge in [-0.1, -0.05) is 0 Å². The van der Waals surface area contributed by atoms with E-state index in [4.69, 9.17) is 10.2 Å². The van der Waals surface area contributed by atoms with Crippen LogP contribution in [0.1, 0.15) is 6.42 Å². The summed E-state index contributed by atoms with van der Waals surface area (Å²) in [5.74, 6) is -1.71. The molecule has 12 heavy (non-hydrogen) atoms. The molecule has 0 aromatic rings. The van der Waals surface area contributed by atoms with Gasteiger partial charge in [-0.25, -0.2) is 0 Å². The van der Waals surface area contributed by atoms with Gasteiger partial charge in [0.05, 0.1) is 6.54 Å². The number of hydrogen-bond acceptors (Lipinski definition) is 4. The number of carboxylic acid groups (broad SMARTS) is 2. The van der Waals surface area contributed by atoms with Crippen LogP contribution in [0.4, 0.5) is 0 Å². The Kier molecular flexibility index (Phi) is 5.48. The number of nitrogens with one attached hydrogen (secondary N) is 1. The van der Waals surface area contributed by atoms with Crippen molar-refractivity contribution in [3.63, 3.8) is 0 Å². The molecule has 0 saturated carbocycles. The fraction of sp³-hybridized carbons (Fsp3) is 0.667. The average molecular weight is 193 g/mol. The fourth-order valence-corrected chi connectivity index (χ4v) is 0.911. The molecule has 1 unspecified atom stereocenters. The molecule has 0 saturated heterocycles. The smallest absolute Gasteiger partial charge is 0.320 e. The molecule has 0 fully saturated rings. The zero-order valence-electron chi connectivity index (χ0n) is 6.36. The molecule has 70 valence electrons. The summed E-state index contributed by atoms with van der Waals surface area (Å²) in [7, 11) is 0. The van der Waals surface area contributed by atoms with Crippen LogP contribution in [-0.4, -0.2) is 40.5 Å². The highest BCUT2D eigenvalue weighted by Gasteiger charge is 2.16. The normalized spacial score (nSPS) is 12.4. The lowest BCUT2D eigenvalue weighted by molar-refractivity contribution is -0.140. The molecule has 0 amide bonds. The molecule has 0 aliphatic rings. The van der Waals surface area contributed by atoms with Gasteiger partial charge < -0.3 is 10.2 Å². The van der Waals surface area contributed by atoms with Crippen LogP contribution in [0.2, 0.25) is 0 Å². The number of carbonyl (C=O) groups is 2. The van der Waals surface area contributed by atoms with Gasteiger partial charge in [0.2, 0.25) is 0 Å². The Hall–Kier alpha value is -0.750. The Morgan fingerprint density at radius 1 is 1.42 bits per heavy atom. The minimum absolute atomic E-state index is 0.311. The number of aliphatic carboxylic acids is 2. The van der Waals surface area contributed by atoms with Crippen molar-refractivity contribution >= 4 is 24.6 Å². The molecular weight excluding hydrogens is 182 g/mol. The lowest BCUT2D eigenvalue weighted by Crippen LogP contribution is -2.39.